The monoisotopic (exact) mass is 250 g/mol. The highest BCUT2D eigenvalue weighted by Crippen LogP contribution is 2.14. The van der Waals surface area contributed by atoms with E-state index in [-0.39, 0.29) is 12.2 Å². The molecule has 6 nitrogen and oxygen atoms in total. The average molecular weight is 250 g/mol. The highest BCUT2D eigenvalue weighted by atomic mass is 16.5. The van der Waals surface area contributed by atoms with E-state index in [4.69, 9.17) is 5.73 Å². The molecule has 1 aromatic carbocycles. The lowest BCUT2D eigenvalue weighted by atomic mass is 10.0. The van der Waals surface area contributed by atoms with Crippen LogP contribution in [0.3, 0.4) is 0 Å². The molecule has 0 aliphatic rings. The first-order chi connectivity index (χ1) is 8.60. The number of rotatable bonds is 6. The van der Waals surface area contributed by atoms with Crippen molar-refractivity contribution in [2.24, 2.45) is 0 Å². The third kappa shape index (κ3) is 3.31. The summed E-state index contributed by atoms with van der Waals surface area (Å²) in [5.74, 6) is -1.01. The van der Waals surface area contributed by atoms with Crippen LogP contribution < -0.4 is 11.1 Å². The Bertz CT molecular complexity index is 459. The Morgan fingerprint density at radius 3 is 2.67 bits per heavy atom. The van der Waals surface area contributed by atoms with Gasteiger partial charge >= 0.3 is 5.97 Å². The van der Waals surface area contributed by atoms with Gasteiger partial charge in [-0.25, -0.2) is 4.79 Å². The zero-order chi connectivity index (χ0) is 13.5. The third-order valence-electron chi connectivity index (χ3n) is 2.41. The first-order valence-corrected chi connectivity index (χ1v) is 5.25. The van der Waals surface area contributed by atoms with Crippen molar-refractivity contribution in [1.82, 2.24) is 5.32 Å². The number of carbonyl (C=O) groups is 3. The molecule has 0 radical (unpaired) electrons. The second kappa shape index (κ2) is 6.39. The largest absolute Gasteiger partial charge is 0.467 e. The number of nitrogen functional groups attached to an aromatic ring is 1. The van der Waals surface area contributed by atoms with Gasteiger partial charge in [0.05, 0.1) is 7.11 Å². The fourth-order valence-corrected chi connectivity index (χ4v) is 1.48. The number of nitrogens with two attached hydrogens (primary N) is 1. The maximum absolute atomic E-state index is 11.9. The highest BCUT2D eigenvalue weighted by Gasteiger charge is 2.23. The zero-order valence-corrected chi connectivity index (χ0v) is 9.88. The van der Waals surface area contributed by atoms with Gasteiger partial charge in [-0.15, -0.1) is 0 Å². The van der Waals surface area contributed by atoms with Gasteiger partial charge in [-0.05, 0) is 12.1 Å². The van der Waals surface area contributed by atoms with E-state index >= 15 is 0 Å². The molecule has 0 saturated heterocycles. The maximum Gasteiger partial charge on any atom is 0.328 e. The molecule has 0 aromatic heterocycles. The number of carbonyl (C=O) groups excluding carboxylic acids is 3. The van der Waals surface area contributed by atoms with Crippen molar-refractivity contribution in [2.45, 2.75) is 12.5 Å². The standard InChI is InChI=1S/C12H14N2O4/c1-18-12(17)10(14-7-15)6-11(16)8-4-2-3-5-9(8)13/h2-5,7,10H,6,13H2,1H3,(H,14,15). The molecule has 3 N–H and O–H groups in total. The molecule has 0 bridgehead atoms. The number of nitrogens with one attached hydrogen (secondary N) is 1. The number of anilines is 1. The van der Waals surface area contributed by atoms with Crippen LogP contribution in [0, 0.1) is 0 Å². The summed E-state index contributed by atoms with van der Waals surface area (Å²) in [4.78, 5) is 33.6. The lowest BCUT2D eigenvalue weighted by Crippen LogP contribution is -2.38. The number of hydrogen-bond donors (Lipinski definition) is 2. The zero-order valence-electron chi connectivity index (χ0n) is 9.88. The molecule has 1 atom stereocenters. The molecule has 0 heterocycles. The van der Waals surface area contributed by atoms with Crippen LogP contribution in [0.1, 0.15) is 16.8 Å². The molecule has 0 saturated carbocycles. The van der Waals surface area contributed by atoms with Crippen molar-refractivity contribution < 1.29 is 19.1 Å². The van der Waals surface area contributed by atoms with Crippen LogP contribution in [-0.2, 0) is 14.3 Å². The number of methoxy groups -OCH3 is 1. The molecular weight excluding hydrogens is 236 g/mol. The number of ketones is 1. The molecule has 1 rings (SSSR count). The van der Waals surface area contributed by atoms with Gasteiger partial charge in [0.2, 0.25) is 6.41 Å². The van der Waals surface area contributed by atoms with E-state index in [0.29, 0.717) is 17.7 Å². The van der Waals surface area contributed by atoms with E-state index in [9.17, 15) is 14.4 Å². The molecule has 96 valence electrons. The van der Waals surface area contributed by atoms with Gasteiger partial charge in [0, 0.05) is 17.7 Å². The van der Waals surface area contributed by atoms with E-state index < -0.39 is 12.0 Å². The first-order valence-electron chi connectivity index (χ1n) is 5.25. The highest BCUT2D eigenvalue weighted by molar-refractivity contribution is 6.03. The van der Waals surface area contributed by atoms with Gasteiger partial charge in [-0.1, -0.05) is 12.1 Å². The summed E-state index contributed by atoms with van der Waals surface area (Å²) in [6, 6.07) is 5.53. The van der Waals surface area contributed by atoms with Gasteiger partial charge in [0.1, 0.15) is 6.04 Å². The van der Waals surface area contributed by atoms with Crippen LogP contribution in [0.4, 0.5) is 5.69 Å². The second-order valence-corrected chi connectivity index (χ2v) is 3.57. The van der Waals surface area contributed by atoms with Crippen LogP contribution in [0.25, 0.3) is 0 Å². The SMILES string of the molecule is COC(=O)C(CC(=O)c1ccccc1N)NC=O. The molecule has 1 amide bonds. The lowest BCUT2D eigenvalue weighted by molar-refractivity contribution is -0.143. The van der Waals surface area contributed by atoms with E-state index in [1.54, 1.807) is 24.3 Å². The number of amides is 1. The fraction of sp³-hybridized carbons (Fsp3) is 0.250. The summed E-state index contributed by atoms with van der Waals surface area (Å²) in [5.41, 5.74) is 6.30. The summed E-state index contributed by atoms with van der Waals surface area (Å²) in [6.45, 7) is 0. The Morgan fingerprint density at radius 1 is 1.44 bits per heavy atom. The third-order valence-corrected chi connectivity index (χ3v) is 2.41. The summed E-state index contributed by atoms with van der Waals surface area (Å²) in [6.07, 6.45) is 0.156. The summed E-state index contributed by atoms with van der Waals surface area (Å²) in [5, 5.41) is 2.24. The van der Waals surface area contributed by atoms with E-state index in [1.807, 2.05) is 0 Å². The quantitative estimate of drug-likeness (QED) is 0.323. The summed E-state index contributed by atoms with van der Waals surface area (Å²) in [7, 11) is 1.18. The van der Waals surface area contributed by atoms with Gasteiger partial charge in [0.15, 0.2) is 5.78 Å². The number of para-hydroxylation sites is 1. The normalized spacial score (nSPS) is 11.4. The minimum atomic E-state index is -1.00. The molecule has 0 spiro atoms. The summed E-state index contributed by atoms with van der Waals surface area (Å²) < 4.78 is 4.49. The number of hydrogen-bond acceptors (Lipinski definition) is 5. The Balaban J connectivity index is 2.82. The van der Waals surface area contributed by atoms with Crippen LogP contribution in [0.5, 0.6) is 0 Å². The van der Waals surface area contributed by atoms with Crippen LogP contribution in [0.2, 0.25) is 0 Å². The lowest BCUT2D eigenvalue weighted by Gasteiger charge is -2.13. The molecular formula is C12H14N2O4. The number of ether oxygens (including phenoxy) is 1. The first kappa shape index (κ1) is 13.7. The molecule has 18 heavy (non-hydrogen) atoms. The van der Waals surface area contributed by atoms with E-state index in [0.717, 1.165) is 0 Å². The molecule has 0 aliphatic heterocycles. The van der Waals surface area contributed by atoms with Crippen molar-refractivity contribution in [3.05, 3.63) is 29.8 Å². The minimum absolute atomic E-state index is 0.195. The molecule has 0 aliphatic carbocycles. The Hall–Kier alpha value is -2.37. The number of Topliss-reactive ketones (excluding diaryl/α,β-unsaturated/α-hetero) is 1. The topological polar surface area (TPSA) is 98.5 Å². The smallest absolute Gasteiger partial charge is 0.328 e. The summed E-state index contributed by atoms with van der Waals surface area (Å²) >= 11 is 0. The minimum Gasteiger partial charge on any atom is -0.467 e. The van der Waals surface area contributed by atoms with Crippen LogP contribution in [-0.4, -0.2) is 31.3 Å². The number of benzene rings is 1. The predicted octanol–water partition coefficient (Wildman–Crippen LogP) is 0.129. The fourth-order valence-electron chi connectivity index (χ4n) is 1.48. The van der Waals surface area contributed by atoms with Gasteiger partial charge < -0.3 is 15.8 Å². The molecule has 0 fully saturated rings. The van der Waals surface area contributed by atoms with Crippen molar-refractivity contribution in [1.29, 1.82) is 0 Å². The van der Waals surface area contributed by atoms with Crippen molar-refractivity contribution in [3.63, 3.8) is 0 Å². The van der Waals surface area contributed by atoms with Crippen LogP contribution in [0.15, 0.2) is 24.3 Å². The van der Waals surface area contributed by atoms with Gasteiger partial charge in [-0.3, -0.25) is 9.59 Å². The van der Waals surface area contributed by atoms with Crippen molar-refractivity contribution in [2.75, 3.05) is 12.8 Å². The Kier molecular flexibility index (Phi) is 4.86. The van der Waals surface area contributed by atoms with Crippen LogP contribution >= 0.6 is 0 Å². The average Bonchev–Trinajstić information content (AvgIpc) is 2.37. The predicted molar refractivity (Wildman–Crippen MR) is 64.8 cm³/mol. The molecule has 1 unspecified atom stereocenters. The van der Waals surface area contributed by atoms with E-state index in [2.05, 4.69) is 10.1 Å². The molecule has 6 heteroatoms. The maximum atomic E-state index is 11.9. The number of esters is 1. The van der Waals surface area contributed by atoms with Crippen molar-refractivity contribution >= 4 is 23.9 Å². The van der Waals surface area contributed by atoms with Gasteiger partial charge in [0.25, 0.3) is 0 Å². The van der Waals surface area contributed by atoms with Gasteiger partial charge in [-0.2, -0.15) is 0 Å². The molecule has 1 aromatic rings. The van der Waals surface area contributed by atoms with Crippen molar-refractivity contribution in [3.8, 4) is 0 Å². The Labute approximate surface area is 104 Å². The Morgan fingerprint density at radius 2 is 2.11 bits per heavy atom. The van der Waals surface area contributed by atoms with E-state index in [1.165, 1.54) is 7.11 Å². The second-order valence-electron chi connectivity index (χ2n) is 3.57.